The zero-order valence-corrected chi connectivity index (χ0v) is 18.8. The number of halogens is 5. The van der Waals surface area contributed by atoms with Gasteiger partial charge in [-0.05, 0) is 47.7 Å². The number of fused-ring (bicyclic) bond motifs is 2. The molecular weight excluding hydrogens is 462 g/mol. The lowest BCUT2D eigenvalue weighted by atomic mass is 9.63. The fourth-order valence-corrected chi connectivity index (χ4v) is 5.01. The highest BCUT2D eigenvalue weighted by Gasteiger charge is 2.64. The number of methoxy groups -OCH3 is 1. The van der Waals surface area contributed by atoms with Crippen molar-refractivity contribution < 1.29 is 27.4 Å². The van der Waals surface area contributed by atoms with Gasteiger partial charge >= 0.3 is 6.18 Å². The van der Waals surface area contributed by atoms with Gasteiger partial charge in [-0.3, -0.25) is 0 Å². The molecule has 0 fully saturated rings. The van der Waals surface area contributed by atoms with Crippen molar-refractivity contribution in [3.8, 4) is 5.75 Å². The van der Waals surface area contributed by atoms with Crippen molar-refractivity contribution in [1.29, 1.82) is 0 Å². The van der Waals surface area contributed by atoms with E-state index in [1.165, 1.54) is 37.4 Å². The molecule has 33 heavy (non-hydrogen) atoms. The topological polar surface area (TPSA) is 80.4 Å². The summed E-state index contributed by atoms with van der Waals surface area (Å²) in [7, 11) is 1.38. The van der Waals surface area contributed by atoms with E-state index in [1.54, 1.807) is 13.8 Å². The first kappa shape index (κ1) is 23.4. The molecule has 1 aliphatic rings. The van der Waals surface area contributed by atoms with Gasteiger partial charge in [0.05, 0.1) is 18.2 Å². The molecule has 3 aromatic rings. The molecule has 0 amide bonds. The summed E-state index contributed by atoms with van der Waals surface area (Å²) in [6, 6.07) is 6.50. The lowest BCUT2D eigenvalue weighted by molar-refractivity contribution is -0.275. The number of hydrogen-bond donors (Lipinski definition) is 3. The Bertz CT molecular complexity index is 1250. The second-order valence-corrected chi connectivity index (χ2v) is 9.24. The minimum absolute atomic E-state index is 0.0643. The molecule has 0 radical (unpaired) electrons. The molecule has 4 N–H and O–H groups in total. The number of nitrogens with one attached hydrogen (secondary N) is 1. The van der Waals surface area contributed by atoms with E-state index in [-0.39, 0.29) is 38.7 Å². The van der Waals surface area contributed by atoms with Crippen LogP contribution in [0, 0.1) is 5.82 Å². The fraction of sp³-hybridized carbons (Fsp3) is 0.348. The third-order valence-electron chi connectivity index (χ3n) is 6.14. The van der Waals surface area contributed by atoms with Crippen molar-refractivity contribution in [1.82, 2.24) is 4.98 Å². The van der Waals surface area contributed by atoms with Crippen LogP contribution in [0.5, 0.6) is 5.75 Å². The van der Waals surface area contributed by atoms with Crippen LogP contribution in [0.4, 0.5) is 29.1 Å². The van der Waals surface area contributed by atoms with Crippen LogP contribution < -0.4 is 15.8 Å². The maximum atomic E-state index is 14.4. The molecular formula is C23H22ClF4N3O2. The molecule has 176 valence electrons. The molecule has 0 aliphatic heterocycles. The minimum atomic E-state index is -4.98. The maximum absolute atomic E-state index is 14.4. The minimum Gasteiger partial charge on any atom is -0.495 e. The Balaban J connectivity index is 1.98. The fourth-order valence-electron chi connectivity index (χ4n) is 4.77. The Morgan fingerprint density at radius 1 is 1.18 bits per heavy atom. The molecule has 0 spiro atoms. The van der Waals surface area contributed by atoms with E-state index in [2.05, 4.69) is 10.3 Å². The van der Waals surface area contributed by atoms with Gasteiger partial charge < -0.3 is 20.9 Å². The molecule has 2 atom stereocenters. The molecule has 2 unspecified atom stereocenters. The number of pyridine rings is 1. The first-order valence-corrected chi connectivity index (χ1v) is 10.4. The van der Waals surface area contributed by atoms with E-state index < -0.39 is 35.5 Å². The lowest BCUT2D eigenvalue weighted by Gasteiger charge is -2.49. The predicted molar refractivity (Wildman–Crippen MR) is 119 cm³/mol. The maximum Gasteiger partial charge on any atom is 0.419 e. The van der Waals surface area contributed by atoms with Gasteiger partial charge in [0, 0.05) is 16.6 Å². The molecule has 4 rings (SSSR count). The number of aliphatic hydroxyl groups is 1. The molecule has 1 aromatic heterocycles. The van der Waals surface area contributed by atoms with Gasteiger partial charge in [0.1, 0.15) is 22.9 Å². The van der Waals surface area contributed by atoms with Gasteiger partial charge in [-0.25, -0.2) is 9.37 Å². The van der Waals surface area contributed by atoms with Gasteiger partial charge in [-0.15, -0.1) is 0 Å². The van der Waals surface area contributed by atoms with Crippen molar-refractivity contribution >= 4 is 34.0 Å². The van der Waals surface area contributed by atoms with E-state index in [1.807, 2.05) is 0 Å². The Hall–Kier alpha value is -2.78. The van der Waals surface area contributed by atoms with Gasteiger partial charge in [-0.1, -0.05) is 31.5 Å². The summed E-state index contributed by atoms with van der Waals surface area (Å²) < 4.78 is 62.9. The predicted octanol–water partition coefficient (Wildman–Crippen LogP) is 5.75. The summed E-state index contributed by atoms with van der Waals surface area (Å²) in [5.74, 6) is -0.365. The highest BCUT2D eigenvalue weighted by Crippen LogP contribution is 2.57. The number of aromatic nitrogens is 1. The SMILES string of the molecule is COc1c(Cl)ccc2c1C(C)(C)CC(O)(C(F)(F)F)C2Nc1ccc(F)c2nc(N)ccc12. The number of benzene rings is 2. The summed E-state index contributed by atoms with van der Waals surface area (Å²) in [6.45, 7) is 3.19. The Labute approximate surface area is 192 Å². The Morgan fingerprint density at radius 3 is 2.52 bits per heavy atom. The lowest BCUT2D eigenvalue weighted by Crippen LogP contribution is -2.58. The monoisotopic (exact) mass is 483 g/mol. The average molecular weight is 484 g/mol. The van der Waals surface area contributed by atoms with Gasteiger partial charge in [0.25, 0.3) is 0 Å². The van der Waals surface area contributed by atoms with Gasteiger partial charge in [-0.2, -0.15) is 13.2 Å². The van der Waals surface area contributed by atoms with E-state index in [4.69, 9.17) is 22.1 Å². The molecule has 5 nitrogen and oxygen atoms in total. The Morgan fingerprint density at radius 2 is 1.88 bits per heavy atom. The summed E-state index contributed by atoms with van der Waals surface area (Å²) in [5.41, 5.74) is 2.07. The number of anilines is 2. The number of nitrogen functional groups attached to an aromatic ring is 1. The van der Waals surface area contributed by atoms with E-state index in [0.29, 0.717) is 5.56 Å². The third kappa shape index (κ3) is 3.63. The first-order valence-electron chi connectivity index (χ1n) is 10.1. The van der Waals surface area contributed by atoms with Crippen LogP contribution in [0.3, 0.4) is 0 Å². The zero-order chi connectivity index (χ0) is 24.3. The summed E-state index contributed by atoms with van der Waals surface area (Å²) in [5, 5.41) is 14.4. The highest BCUT2D eigenvalue weighted by atomic mass is 35.5. The van der Waals surface area contributed by atoms with Crippen molar-refractivity contribution in [3.63, 3.8) is 0 Å². The molecule has 0 bridgehead atoms. The second kappa shape index (κ2) is 7.63. The van der Waals surface area contributed by atoms with Crippen LogP contribution in [0.2, 0.25) is 5.02 Å². The number of rotatable bonds is 3. The molecule has 1 heterocycles. The molecule has 2 aromatic carbocycles. The van der Waals surface area contributed by atoms with Crippen molar-refractivity contribution in [2.45, 2.75) is 43.5 Å². The molecule has 0 saturated heterocycles. The molecule has 1 aliphatic carbocycles. The molecule has 0 saturated carbocycles. The van der Waals surface area contributed by atoms with Crippen LogP contribution in [-0.2, 0) is 5.41 Å². The van der Waals surface area contributed by atoms with Crippen molar-refractivity contribution in [2.24, 2.45) is 0 Å². The van der Waals surface area contributed by atoms with E-state index >= 15 is 0 Å². The van der Waals surface area contributed by atoms with Crippen LogP contribution in [0.1, 0.15) is 37.4 Å². The third-order valence-corrected chi connectivity index (χ3v) is 6.44. The Kier molecular flexibility index (Phi) is 5.41. The van der Waals surface area contributed by atoms with Gasteiger partial charge in [0.2, 0.25) is 0 Å². The van der Waals surface area contributed by atoms with Crippen LogP contribution in [-0.4, -0.2) is 29.0 Å². The number of nitrogens with two attached hydrogens (primary N) is 1. The number of nitrogens with zero attached hydrogens (tertiary/aromatic N) is 1. The van der Waals surface area contributed by atoms with E-state index in [0.717, 1.165) is 6.07 Å². The number of hydrogen-bond acceptors (Lipinski definition) is 5. The van der Waals surface area contributed by atoms with Crippen molar-refractivity contribution in [2.75, 3.05) is 18.2 Å². The first-order chi connectivity index (χ1) is 15.3. The van der Waals surface area contributed by atoms with Crippen LogP contribution in [0.25, 0.3) is 10.9 Å². The average Bonchev–Trinajstić information content (AvgIpc) is 2.71. The summed E-state index contributed by atoms with van der Waals surface area (Å²) in [6.07, 6.45) is -5.64. The van der Waals surface area contributed by atoms with E-state index in [9.17, 15) is 22.7 Å². The smallest absolute Gasteiger partial charge is 0.419 e. The van der Waals surface area contributed by atoms with Crippen molar-refractivity contribution in [3.05, 3.63) is 58.4 Å². The highest BCUT2D eigenvalue weighted by molar-refractivity contribution is 6.32. The van der Waals surface area contributed by atoms with Gasteiger partial charge in [0.15, 0.2) is 5.60 Å². The van der Waals surface area contributed by atoms with Crippen LogP contribution >= 0.6 is 11.6 Å². The quantitative estimate of drug-likeness (QED) is 0.413. The molecule has 10 heteroatoms. The largest absolute Gasteiger partial charge is 0.495 e. The van der Waals surface area contributed by atoms with Crippen LogP contribution in [0.15, 0.2) is 36.4 Å². The number of alkyl halides is 3. The second-order valence-electron chi connectivity index (χ2n) is 8.83. The number of ether oxygens (including phenoxy) is 1. The zero-order valence-electron chi connectivity index (χ0n) is 18.0. The summed E-state index contributed by atoms with van der Waals surface area (Å²) in [4.78, 5) is 3.96. The standard InChI is InChI=1S/C23H22ClF4N3O2/c1-21(2)10-22(32,23(26,27)28)20(12-4-6-13(24)19(33-3)17(12)21)30-15-8-7-14(25)18-11(15)5-9-16(29)31-18/h4-9,20,30,32H,10H2,1-3H3,(H2,29,31). The normalized spacial score (nSPS) is 22.2. The summed E-state index contributed by atoms with van der Waals surface area (Å²) >= 11 is 6.28.